The Hall–Kier alpha value is -4.42. The van der Waals surface area contributed by atoms with Gasteiger partial charge in [0.2, 0.25) is 0 Å². The predicted molar refractivity (Wildman–Crippen MR) is 217 cm³/mol. The molecule has 2 aliphatic heterocycles. The second-order valence-corrected chi connectivity index (χ2v) is 14.7. The molecule has 0 aromatic carbocycles. The van der Waals surface area contributed by atoms with E-state index in [1.165, 1.54) is 22.4 Å². The molecule has 55 heavy (non-hydrogen) atoms. The van der Waals surface area contributed by atoms with Crippen LogP contribution in [0.1, 0.15) is 100.0 Å². The van der Waals surface area contributed by atoms with E-state index in [1.807, 2.05) is 51.4 Å². The van der Waals surface area contributed by atoms with Crippen LogP contribution in [0.2, 0.25) is 0 Å². The monoisotopic (exact) mass is 818 g/mol. The minimum atomic E-state index is -3.20. The maximum Gasteiger partial charge on any atom is 0.335 e. The van der Waals surface area contributed by atoms with Gasteiger partial charge in [0.1, 0.15) is 12.5 Å². The number of aliphatic hydroxyl groups is 1. The quantitative estimate of drug-likeness (QED) is 0.218. The maximum atomic E-state index is 11.3. The number of allylic oxidation sites excluding steroid dienone is 2. The second-order valence-electron chi connectivity index (χ2n) is 12.3. The second kappa shape index (κ2) is 26.4. The molecule has 0 amide bonds. The van der Waals surface area contributed by atoms with Gasteiger partial charge in [-0.05, 0) is 112 Å². The number of pyridine rings is 3. The summed E-state index contributed by atoms with van der Waals surface area (Å²) in [6.45, 7) is 14.7. The Balaban J connectivity index is 0.000000385. The van der Waals surface area contributed by atoms with E-state index < -0.39 is 39.2 Å². The van der Waals surface area contributed by atoms with Gasteiger partial charge in [-0.25, -0.2) is 8.42 Å². The molecule has 5 heterocycles. The Morgan fingerprint density at radius 1 is 0.782 bits per heavy atom. The van der Waals surface area contributed by atoms with Crippen molar-refractivity contribution in [1.29, 1.82) is 0 Å². The summed E-state index contributed by atoms with van der Waals surface area (Å²) in [6.07, 6.45) is 11.1. The number of rotatable bonds is 9. The van der Waals surface area contributed by atoms with E-state index in [0.29, 0.717) is 5.69 Å². The third-order valence-electron chi connectivity index (χ3n) is 8.22. The van der Waals surface area contributed by atoms with Crippen LogP contribution in [0.15, 0.2) is 71.5 Å². The Labute approximate surface area is 332 Å². The van der Waals surface area contributed by atoms with Gasteiger partial charge in [-0.3, -0.25) is 15.0 Å². The van der Waals surface area contributed by atoms with E-state index in [4.69, 9.17) is 27.3 Å². The topological polar surface area (TPSA) is 221 Å². The van der Waals surface area contributed by atoms with Gasteiger partial charge >= 0.3 is 23.1 Å². The van der Waals surface area contributed by atoms with Crippen molar-refractivity contribution in [2.75, 3.05) is 12.4 Å². The largest absolute Gasteiger partial charge is 0.396 e. The third-order valence-corrected chi connectivity index (χ3v) is 9.64. The molecule has 2 unspecified atom stereocenters. The first-order chi connectivity index (χ1) is 26.2. The van der Waals surface area contributed by atoms with Gasteiger partial charge in [0.15, 0.2) is 9.84 Å². The predicted octanol–water partition coefficient (Wildman–Crippen LogP) is 5.21. The zero-order valence-electron chi connectivity index (χ0n) is 32.5. The fourth-order valence-corrected chi connectivity index (χ4v) is 5.97. The summed E-state index contributed by atoms with van der Waals surface area (Å²) < 4.78 is 61.4. The van der Waals surface area contributed by atoms with Crippen LogP contribution in [0.4, 0.5) is 0 Å². The number of nitrogens with two attached hydrogens (primary N) is 1. The fraction of sp³-hybridized carbons (Fsp3) is 0.447. The number of nitrogens with one attached hydrogen (secondary N) is 2. The van der Waals surface area contributed by atoms with Crippen molar-refractivity contribution in [3.63, 3.8) is 0 Å². The molecule has 0 radical (unpaired) electrons. The van der Waals surface area contributed by atoms with Gasteiger partial charge < -0.3 is 26.2 Å². The molecule has 3 aromatic heterocycles. The zero-order chi connectivity index (χ0) is 41.4. The zero-order valence-corrected chi connectivity index (χ0v) is 35.0. The normalized spacial score (nSPS) is 16.5. The van der Waals surface area contributed by atoms with Gasteiger partial charge in [0, 0.05) is 25.2 Å². The van der Waals surface area contributed by atoms with Crippen LogP contribution >= 0.6 is 0 Å². The Kier molecular flexibility index (Phi) is 23.3. The van der Waals surface area contributed by atoms with Crippen LogP contribution in [0.25, 0.3) is 17.1 Å². The highest BCUT2D eigenvalue weighted by atomic mass is 32.2. The minimum Gasteiger partial charge on any atom is -0.396 e. The first-order valence-corrected chi connectivity index (χ1v) is 20.9. The van der Waals surface area contributed by atoms with Crippen molar-refractivity contribution in [1.82, 2.24) is 25.6 Å². The number of hydrogen-bond acceptors (Lipinski definition) is 14. The van der Waals surface area contributed by atoms with E-state index in [2.05, 4.69) is 58.5 Å². The number of aryl methyl sites for hydroxylation is 3. The van der Waals surface area contributed by atoms with Crippen molar-refractivity contribution >= 4 is 50.1 Å². The number of aromatic nitrogens is 3. The molecule has 14 nitrogen and oxygen atoms in total. The van der Waals surface area contributed by atoms with E-state index >= 15 is 0 Å². The SMILES string of the molecule is CCC1=C(c2ccc(C)cn2)NC(O)CC1.CCOC1CCC(CC)=C(c2ccc(C)cn2)N1.CCS(=O)(=O)C=C(N)c1ccc(C)cn1.O=S=O.O=S=O. The Bertz CT molecular complexity index is 1880. The number of nitrogens with zero attached hydrogens (tertiary/aromatic N) is 3. The van der Waals surface area contributed by atoms with E-state index in [0.717, 1.165) is 78.8 Å². The van der Waals surface area contributed by atoms with Gasteiger partial charge in [0.05, 0.1) is 45.3 Å². The standard InChI is InChI=1S/C15H22N2O.C13H18N2O.C10H14N2O2S.2O2S/c1-4-12-7-9-14(18-5-2)17-15(12)13-8-6-11(3)10-16-13;1-3-10-5-7-12(16)15-13(10)11-6-4-9(2)8-14-11;1-3-15(13,14)7-9(11)10-5-4-8(2)6-12-10;2*1-3-2/h6,8,10,14,17H,4-5,7,9H2,1-3H3;4,6,8,12,15-16H,3,5,7H2,1-2H3;4-7H,3,11H2,1-2H3;;. The fourth-order valence-electron chi connectivity index (χ4n) is 5.29. The van der Waals surface area contributed by atoms with Crippen molar-refractivity contribution < 1.29 is 35.1 Å². The molecule has 5 rings (SSSR count). The highest BCUT2D eigenvalue weighted by molar-refractivity contribution is 7.94. The molecule has 2 aliphatic rings. The molecule has 302 valence electrons. The molecule has 17 heteroatoms. The lowest BCUT2D eigenvalue weighted by Gasteiger charge is -2.29. The third kappa shape index (κ3) is 18.2. The molecule has 0 saturated carbocycles. The van der Waals surface area contributed by atoms with Crippen LogP contribution in [-0.2, 0) is 37.7 Å². The molecular weight excluding hydrogens is 765 g/mol. The molecule has 0 aliphatic carbocycles. The van der Waals surface area contributed by atoms with Crippen molar-refractivity contribution in [3.8, 4) is 0 Å². The highest BCUT2D eigenvalue weighted by Gasteiger charge is 2.21. The van der Waals surface area contributed by atoms with Crippen molar-refractivity contribution in [2.45, 2.75) is 99.4 Å². The first-order valence-electron chi connectivity index (χ1n) is 17.8. The summed E-state index contributed by atoms with van der Waals surface area (Å²) in [7, 11) is -3.20. The van der Waals surface area contributed by atoms with E-state index in [-0.39, 0.29) is 17.7 Å². The van der Waals surface area contributed by atoms with Crippen molar-refractivity contribution in [3.05, 3.63) is 105 Å². The van der Waals surface area contributed by atoms with Crippen LogP contribution in [0, 0.1) is 20.8 Å². The molecule has 5 N–H and O–H groups in total. The summed E-state index contributed by atoms with van der Waals surface area (Å²) in [5.74, 6) is 0.0412. The molecule has 2 atom stereocenters. The van der Waals surface area contributed by atoms with Crippen LogP contribution in [0.3, 0.4) is 0 Å². The number of sulfone groups is 1. The van der Waals surface area contributed by atoms with Crippen molar-refractivity contribution in [2.24, 2.45) is 5.73 Å². The summed E-state index contributed by atoms with van der Waals surface area (Å²) >= 11 is -1.50. The molecule has 0 spiro atoms. The molecule has 3 aromatic rings. The summed E-state index contributed by atoms with van der Waals surface area (Å²) in [5.41, 5.74) is 16.6. The lowest BCUT2D eigenvalue weighted by molar-refractivity contribution is 0.0411. The number of hydrogen-bond donors (Lipinski definition) is 4. The highest BCUT2D eigenvalue weighted by Crippen LogP contribution is 2.28. The summed E-state index contributed by atoms with van der Waals surface area (Å²) in [5, 5.41) is 17.3. The van der Waals surface area contributed by atoms with E-state index in [9.17, 15) is 13.5 Å². The van der Waals surface area contributed by atoms with Crippen LogP contribution in [-0.4, -0.2) is 70.1 Å². The average Bonchev–Trinajstić information content (AvgIpc) is 3.17. The van der Waals surface area contributed by atoms with Gasteiger partial charge in [0.25, 0.3) is 0 Å². The lowest BCUT2D eigenvalue weighted by atomic mass is 9.98. The minimum absolute atomic E-state index is 0.0412. The number of ether oxygens (including phenoxy) is 1. The average molecular weight is 819 g/mol. The molecule has 0 saturated heterocycles. The lowest BCUT2D eigenvalue weighted by Crippen LogP contribution is -2.34. The van der Waals surface area contributed by atoms with E-state index in [1.54, 1.807) is 19.2 Å². The molecule has 0 fully saturated rings. The van der Waals surface area contributed by atoms with Crippen LogP contribution < -0.4 is 16.4 Å². The molecule has 0 bridgehead atoms. The maximum absolute atomic E-state index is 11.3. The van der Waals surface area contributed by atoms with Gasteiger partial charge in [-0.15, -0.1) is 0 Å². The number of aliphatic hydroxyl groups excluding tert-OH is 1. The Morgan fingerprint density at radius 2 is 1.24 bits per heavy atom. The summed E-state index contributed by atoms with van der Waals surface area (Å²) in [4.78, 5) is 13.0. The van der Waals surface area contributed by atoms with Gasteiger partial charge in [-0.2, -0.15) is 16.8 Å². The van der Waals surface area contributed by atoms with Crippen LogP contribution in [0.5, 0.6) is 0 Å². The van der Waals surface area contributed by atoms with Gasteiger partial charge in [-0.1, -0.05) is 39.0 Å². The molecular formula is C38H54N6O8S3. The Morgan fingerprint density at radius 3 is 1.64 bits per heavy atom. The first kappa shape index (κ1) is 48.6. The summed E-state index contributed by atoms with van der Waals surface area (Å²) in [6, 6.07) is 11.8. The smallest absolute Gasteiger partial charge is 0.335 e.